The van der Waals surface area contributed by atoms with Crippen LogP contribution in [0.2, 0.25) is 0 Å². The fourth-order valence-electron chi connectivity index (χ4n) is 1.75. The molecule has 0 unspecified atom stereocenters. The molecule has 1 aliphatic carbocycles. The first-order chi connectivity index (χ1) is 9.46. The second-order valence-electron chi connectivity index (χ2n) is 4.21. The van der Waals surface area contributed by atoms with Gasteiger partial charge in [0.1, 0.15) is 11.8 Å². The van der Waals surface area contributed by atoms with Gasteiger partial charge in [-0.15, -0.1) is 0 Å². The molecule has 0 bridgehead atoms. The standard InChI is InChI=1S/C10H12FO9P/c1-3(9(13)14)20-8-6(11)4(10(15)16)2-5(7(8)12)21(17,18)19/h2,5-8,12H,1H2,(H,13,14)(H,15,16)(H2,17,18,19)/t5-,6-,7-,8-/m1/s1. The minimum absolute atomic E-state index is 0.405. The maximum absolute atomic E-state index is 14.0. The molecule has 0 aromatic heterocycles. The van der Waals surface area contributed by atoms with E-state index in [9.17, 15) is 23.7 Å². The van der Waals surface area contributed by atoms with E-state index in [1.54, 1.807) is 0 Å². The van der Waals surface area contributed by atoms with Gasteiger partial charge in [0.05, 0.1) is 5.57 Å². The molecular weight excluding hydrogens is 314 g/mol. The number of aliphatic hydroxyl groups is 1. The molecule has 0 aromatic carbocycles. The van der Waals surface area contributed by atoms with Crippen molar-refractivity contribution < 1.29 is 48.4 Å². The number of hydrogen-bond acceptors (Lipinski definition) is 5. The molecule has 118 valence electrons. The lowest BCUT2D eigenvalue weighted by molar-refractivity contribution is -0.141. The van der Waals surface area contributed by atoms with Gasteiger partial charge in [-0.1, -0.05) is 6.08 Å². The zero-order valence-electron chi connectivity index (χ0n) is 10.3. The normalized spacial score (nSPS) is 29.4. The zero-order valence-corrected chi connectivity index (χ0v) is 11.2. The van der Waals surface area contributed by atoms with E-state index in [0.717, 1.165) is 0 Å². The Balaban J connectivity index is 3.24. The van der Waals surface area contributed by atoms with E-state index in [4.69, 9.17) is 20.0 Å². The Bertz CT molecular complexity index is 551. The number of halogens is 1. The number of alkyl halides is 1. The largest absolute Gasteiger partial charge is 0.478 e. The minimum atomic E-state index is -5.02. The summed E-state index contributed by atoms with van der Waals surface area (Å²) >= 11 is 0. The molecule has 0 spiro atoms. The Morgan fingerprint density at radius 2 is 1.86 bits per heavy atom. The summed E-state index contributed by atoms with van der Waals surface area (Å²) in [7, 11) is -5.02. The Morgan fingerprint density at radius 1 is 1.33 bits per heavy atom. The minimum Gasteiger partial charge on any atom is -0.478 e. The van der Waals surface area contributed by atoms with E-state index in [1.807, 2.05) is 0 Å². The van der Waals surface area contributed by atoms with Gasteiger partial charge in [-0.05, 0) is 6.58 Å². The van der Waals surface area contributed by atoms with E-state index < -0.39 is 54.9 Å². The third-order valence-electron chi connectivity index (χ3n) is 2.77. The van der Waals surface area contributed by atoms with E-state index in [2.05, 4.69) is 11.3 Å². The van der Waals surface area contributed by atoms with Crippen molar-refractivity contribution in [2.24, 2.45) is 0 Å². The Hall–Kier alpha value is -1.74. The molecule has 1 aliphatic rings. The third kappa shape index (κ3) is 3.67. The maximum Gasteiger partial charge on any atom is 0.370 e. The Labute approximate surface area is 117 Å². The fourth-order valence-corrected chi connectivity index (χ4v) is 2.67. The van der Waals surface area contributed by atoms with Gasteiger partial charge >= 0.3 is 19.5 Å². The summed E-state index contributed by atoms with van der Waals surface area (Å²) in [5, 5.41) is 27.1. The molecule has 0 aromatic rings. The smallest absolute Gasteiger partial charge is 0.370 e. The highest BCUT2D eigenvalue weighted by atomic mass is 31.2. The number of aliphatic carboxylic acids is 2. The highest BCUT2D eigenvalue weighted by molar-refractivity contribution is 7.52. The molecule has 21 heavy (non-hydrogen) atoms. The third-order valence-corrected chi connectivity index (χ3v) is 4.01. The number of carboxylic acid groups (broad SMARTS) is 2. The first kappa shape index (κ1) is 17.3. The molecule has 0 radical (unpaired) electrons. The Kier molecular flexibility index (Phi) is 4.90. The summed E-state index contributed by atoms with van der Waals surface area (Å²) < 4.78 is 29.7. The van der Waals surface area contributed by atoms with Crippen molar-refractivity contribution in [2.45, 2.75) is 24.0 Å². The van der Waals surface area contributed by atoms with Gasteiger partial charge in [0.15, 0.2) is 18.0 Å². The number of rotatable bonds is 5. The summed E-state index contributed by atoms with van der Waals surface area (Å²) in [5.41, 5.74) is -3.08. The predicted octanol–water partition coefficient (Wildman–Crippen LogP) is -0.760. The molecule has 0 fully saturated rings. The van der Waals surface area contributed by atoms with Crippen molar-refractivity contribution >= 4 is 19.5 Å². The highest BCUT2D eigenvalue weighted by Crippen LogP contribution is 2.48. The van der Waals surface area contributed by atoms with Crippen LogP contribution < -0.4 is 0 Å². The van der Waals surface area contributed by atoms with Crippen molar-refractivity contribution in [1.82, 2.24) is 0 Å². The monoisotopic (exact) mass is 326 g/mol. The topological polar surface area (TPSA) is 162 Å². The molecule has 0 saturated heterocycles. The Morgan fingerprint density at radius 3 is 2.24 bits per heavy atom. The van der Waals surface area contributed by atoms with E-state index in [0.29, 0.717) is 6.08 Å². The van der Waals surface area contributed by atoms with Crippen LogP contribution in [0.4, 0.5) is 4.39 Å². The van der Waals surface area contributed by atoms with Gasteiger partial charge in [0.25, 0.3) is 0 Å². The van der Waals surface area contributed by atoms with Gasteiger partial charge in [0.2, 0.25) is 0 Å². The van der Waals surface area contributed by atoms with Crippen LogP contribution in [0.15, 0.2) is 24.0 Å². The van der Waals surface area contributed by atoms with Crippen LogP contribution in [0, 0.1) is 0 Å². The van der Waals surface area contributed by atoms with Gasteiger partial charge in [-0.2, -0.15) is 0 Å². The highest BCUT2D eigenvalue weighted by Gasteiger charge is 2.49. The quantitative estimate of drug-likeness (QED) is 0.248. The van der Waals surface area contributed by atoms with Gasteiger partial charge in [-0.3, -0.25) is 4.57 Å². The lowest BCUT2D eigenvalue weighted by Gasteiger charge is -2.35. The van der Waals surface area contributed by atoms with Crippen molar-refractivity contribution in [2.75, 3.05) is 0 Å². The first-order valence-corrected chi connectivity index (χ1v) is 7.06. The molecule has 9 nitrogen and oxygen atoms in total. The van der Waals surface area contributed by atoms with Gasteiger partial charge < -0.3 is 29.8 Å². The predicted molar refractivity (Wildman–Crippen MR) is 64.1 cm³/mol. The van der Waals surface area contributed by atoms with Crippen molar-refractivity contribution in [3.63, 3.8) is 0 Å². The summed E-state index contributed by atoms with van der Waals surface area (Å²) in [6.07, 6.45) is -6.36. The van der Waals surface area contributed by atoms with E-state index >= 15 is 0 Å². The molecule has 0 heterocycles. The second kappa shape index (κ2) is 5.94. The lowest BCUT2D eigenvalue weighted by atomic mass is 9.92. The molecule has 4 atom stereocenters. The molecule has 0 aliphatic heterocycles. The number of hydrogen-bond donors (Lipinski definition) is 5. The summed E-state index contributed by atoms with van der Waals surface area (Å²) in [6.45, 7) is 2.91. The van der Waals surface area contributed by atoms with Crippen LogP contribution in [0.1, 0.15) is 0 Å². The second-order valence-corrected chi connectivity index (χ2v) is 5.98. The van der Waals surface area contributed by atoms with Crippen LogP contribution in [0.3, 0.4) is 0 Å². The van der Waals surface area contributed by atoms with E-state index in [-0.39, 0.29) is 0 Å². The molecule has 11 heteroatoms. The van der Waals surface area contributed by atoms with Crippen LogP contribution in [-0.2, 0) is 18.9 Å². The average Bonchev–Trinajstić information content (AvgIpc) is 2.31. The lowest BCUT2D eigenvalue weighted by Crippen LogP contribution is -2.49. The average molecular weight is 326 g/mol. The number of aliphatic hydroxyl groups excluding tert-OH is 1. The van der Waals surface area contributed by atoms with Crippen LogP contribution >= 0.6 is 7.60 Å². The summed E-state index contributed by atoms with van der Waals surface area (Å²) in [4.78, 5) is 39.6. The molecular formula is C10H12FO9P. The number of carbonyl (C=O) groups is 2. The van der Waals surface area contributed by atoms with E-state index in [1.165, 1.54) is 0 Å². The number of ether oxygens (including phenoxy) is 1. The summed E-state index contributed by atoms with van der Waals surface area (Å²) in [6, 6.07) is 0. The maximum atomic E-state index is 14.0. The van der Waals surface area contributed by atoms with Crippen LogP contribution in [0.25, 0.3) is 0 Å². The van der Waals surface area contributed by atoms with Crippen molar-refractivity contribution in [3.05, 3.63) is 24.0 Å². The van der Waals surface area contributed by atoms with Crippen molar-refractivity contribution in [1.29, 1.82) is 0 Å². The molecule has 5 N–H and O–H groups in total. The fraction of sp³-hybridized carbons (Fsp3) is 0.400. The SMILES string of the molecule is C=C(O[C@H]1[C@H](O)[C@H](P(=O)(O)O)C=C(C(=O)O)[C@H]1F)C(=O)O. The molecule has 1 rings (SSSR count). The molecule has 0 amide bonds. The van der Waals surface area contributed by atoms with Crippen molar-refractivity contribution in [3.8, 4) is 0 Å². The zero-order chi connectivity index (χ0) is 16.5. The van der Waals surface area contributed by atoms with Gasteiger partial charge in [-0.25, -0.2) is 14.0 Å². The van der Waals surface area contributed by atoms with Crippen LogP contribution in [0.5, 0.6) is 0 Å². The molecule has 0 saturated carbocycles. The number of carboxylic acids is 2. The summed E-state index contributed by atoms with van der Waals surface area (Å²) in [5.74, 6) is -4.52. The first-order valence-electron chi connectivity index (χ1n) is 5.38. The van der Waals surface area contributed by atoms with Gasteiger partial charge in [0, 0.05) is 0 Å². The van der Waals surface area contributed by atoms with Crippen LogP contribution in [-0.4, -0.2) is 61.1 Å².